The Kier molecular flexibility index (Phi) is 4.33. The van der Waals surface area contributed by atoms with Gasteiger partial charge in [-0.05, 0) is 42.8 Å². The Balaban J connectivity index is 2.26. The molecule has 0 aromatic heterocycles. The summed E-state index contributed by atoms with van der Waals surface area (Å²) in [7, 11) is 1.57. The molecule has 0 spiro atoms. The standard InChI is InChI=1S/C16H18N2O3/c1-10(11-3-6-13(19)7-4-11)18-14-9-12(16(17)20)5-8-15(14)21-2/h3-10,18-19H,1-2H3,(H2,17,20). The number of hydrogen-bond acceptors (Lipinski definition) is 4. The van der Waals surface area contributed by atoms with E-state index in [1.165, 1.54) is 0 Å². The second kappa shape index (κ2) is 6.17. The molecule has 2 aromatic rings. The third-order valence-electron chi connectivity index (χ3n) is 3.25. The fourth-order valence-electron chi connectivity index (χ4n) is 2.05. The summed E-state index contributed by atoms with van der Waals surface area (Å²) in [6, 6.07) is 11.9. The number of ether oxygens (including phenoxy) is 1. The van der Waals surface area contributed by atoms with Crippen LogP contribution in [-0.2, 0) is 0 Å². The summed E-state index contributed by atoms with van der Waals surface area (Å²) in [6.45, 7) is 1.97. The van der Waals surface area contributed by atoms with Crippen LogP contribution in [0.4, 0.5) is 5.69 Å². The van der Waals surface area contributed by atoms with Crippen molar-refractivity contribution in [1.82, 2.24) is 0 Å². The molecule has 0 radical (unpaired) electrons. The molecule has 5 nitrogen and oxygen atoms in total. The number of benzene rings is 2. The van der Waals surface area contributed by atoms with E-state index in [9.17, 15) is 9.90 Å². The number of phenolic OH excluding ortho intramolecular Hbond substituents is 1. The van der Waals surface area contributed by atoms with E-state index in [0.717, 1.165) is 5.56 Å². The Morgan fingerprint density at radius 3 is 2.48 bits per heavy atom. The van der Waals surface area contributed by atoms with Gasteiger partial charge in [-0.15, -0.1) is 0 Å². The minimum absolute atomic E-state index is 0.0253. The number of amides is 1. The fraction of sp³-hybridized carbons (Fsp3) is 0.188. The topological polar surface area (TPSA) is 84.6 Å². The third-order valence-corrected chi connectivity index (χ3v) is 3.25. The number of hydrogen-bond donors (Lipinski definition) is 3. The zero-order chi connectivity index (χ0) is 15.4. The van der Waals surface area contributed by atoms with Crippen LogP contribution >= 0.6 is 0 Å². The molecular weight excluding hydrogens is 268 g/mol. The lowest BCUT2D eigenvalue weighted by atomic mass is 10.1. The molecule has 4 N–H and O–H groups in total. The molecule has 1 atom stereocenters. The largest absolute Gasteiger partial charge is 0.508 e. The van der Waals surface area contributed by atoms with E-state index >= 15 is 0 Å². The minimum Gasteiger partial charge on any atom is -0.508 e. The van der Waals surface area contributed by atoms with Crippen molar-refractivity contribution in [2.75, 3.05) is 12.4 Å². The number of nitrogens with one attached hydrogen (secondary N) is 1. The molecule has 0 saturated heterocycles. The molecule has 110 valence electrons. The molecule has 2 rings (SSSR count). The van der Waals surface area contributed by atoms with Crippen molar-refractivity contribution in [3.05, 3.63) is 53.6 Å². The van der Waals surface area contributed by atoms with E-state index in [-0.39, 0.29) is 11.8 Å². The van der Waals surface area contributed by atoms with Crippen LogP contribution in [0.1, 0.15) is 28.9 Å². The molecular formula is C16H18N2O3. The average molecular weight is 286 g/mol. The van der Waals surface area contributed by atoms with Gasteiger partial charge in [0.05, 0.1) is 12.8 Å². The van der Waals surface area contributed by atoms with Crippen molar-refractivity contribution in [2.24, 2.45) is 5.73 Å². The minimum atomic E-state index is -0.488. The number of carbonyl (C=O) groups is 1. The number of anilines is 1. The van der Waals surface area contributed by atoms with E-state index in [4.69, 9.17) is 10.5 Å². The highest BCUT2D eigenvalue weighted by Gasteiger charge is 2.11. The SMILES string of the molecule is COc1ccc(C(N)=O)cc1NC(C)c1ccc(O)cc1. The Morgan fingerprint density at radius 2 is 1.90 bits per heavy atom. The average Bonchev–Trinajstić information content (AvgIpc) is 2.47. The Morgan fingerprint density at radius 1 is 1.24 bits per heavy atom. The number of primary amides is 1. The first-order valence-corrected chi connectivity index (χ1v) is 6.54. The van der Waals surface area contributed by atoms with Gasteiger partial charge >= 0.3 is 0 Å². The number of methoxy groups -OCH3 is 1. The summed E-state index contributed by atoms with van der Waals surface area (Å²) < 4.78 is 5.28. The zero-order valence-corrected chi connectivity index (χ0v) is 12.0. The first-order valence-electron chi connectivity index (χ1n) is 6.54. The molecule has 21 heavy (non-hydrogen) atoms. The summed E-state index contributed by atoms with van der Waals surface area (Å²) in [5.74, 6) is 0.364. The second-order valence-corrected chi connectivity index (χ2v) is 4.74. The molecule has 1 unspecified atom stereocenters. The summed E-state index contributed by atoms with van der Waals surface area (Å²) in [6.07, 6.45) is 0. The lowest BCUT2D eigenvalue weighted by molar-refractivity contribution is 0.100. The molecule has 0 aliphatic rings. The first kappa shape index (κ1) is 14.7. The molecule has 0 fully saturated rings. The number of rotatable bonds is 5. The maximum atomic E-state index is 11.3. The lowest BCUT2D eigenvalue weighted by Crippen LogP contribution is -2.13. The second-order valence-electron chi connectivity index (χ2n) is 4.74. The normalized spacial score (nSPS) is 11.7. The summed E-state index contributed by atoms with van der Waals surface area (Å²) in [5.41, 5.74) is 7.40. The quantitative estimate of drug-likeness (QED) is 0.789. The van der Waals surface area contributed by atoms with E-state index < -0.39 is 5.91 Å². The van der Waals surface area contributed by atoms with Gasteiger partial charge in [0.15, 0.2) is 0 Å². The predicted octanol–water partition coefficient (Wildman–Crippen LogP) is 2.67. The van der Waals surface area contributed by atoms with Crippen LogP contribution in [0, 0.1) is 0 Å². The zero-order valence-electron chi connectivity index (χ0n) is 12.0. The van der Waals surface area contributed by atoms with Crippen LogP contribution in [0.25, 0.3) is 0 Å². The van der Waals surface area contributed by atoms with E-state index in [0.29, 0.717) is 17.0 Å². The Labute approximate surface area is 123 Å². The smallest absolute Gasteiger partial charge is 0.248 e. The molecule has 2 aromatic carbocycles. The van der Waals surface area contributed by atoms with E-state index in [2.05, 4.69) is 5.32 Å². The van der Waals surface area contributed by atoms with Crippen molar-refractivity contribution >= 4 is 11.6 Å². The monoisotopic (exact) mass is 286 g/mol. The molecule has 0 bridgehead atoms. The van der Waals surface area contributed by atoms with Gasteiger partial charge in [0.25, 0.3) is 0 Å². The van der Waals surface area contributed by atoms with Crippen molar-refractivity contribution in [3.8, 4) is 11.5 Å². The van der Waals surface area contributed by atoms with E-state index in [1.54, 1.807) is 37.4 Å². The number of carbonyl (C=O) groups excluding carboxylic acids is 1. The fourth-order valence-corrected chi connectivity index (χ4v) is 2.05. The lowest BCUT2D eigenvalue weighted by Gasteiger charge is -2.18. The van der Waals surface area contributed by atoms with Crippen LogP contribution in [0.3, 0.4) is 0 Å². The number of phenols is 1. The Hall–Kier alpha value is -2.69. The molecule has 0 aliphatic heterocycles. The summed E-state index contributed by atoms with van der Waals surface area (Å²) in [5, 5.41) is 12.6. The molecule has 5 heteroatoms. The van der Waals surface area contributed by atoms with Crippen LogP contribution in [0.2, 0.25) is 0 Å². The van der Waals surface area contributed by atoms with Crippen LogP contribution < -0.4 is 15.8 Å². The van der Waals surface area contributed by atoms with Crippen molar-refractivity contribution < 1.29 is 14.6 Å². The molecule has 1 amide bonds. The van der Waals surface area contributed by atoms with Gasteiger partial charge in [-0.2, -0.15) is 0 Å². The molecule has 0 heterocycles. The Bertz CT molecular complexity index is 638. The van der Waals surface area contributed by atoms with Gasteiger partial charge in [0, 0.05) is 11.6 Å². The van der Waals surface area contributed by atoms with Crippen LogP contribution in [0.5, 0.6) is 11.5 Å². The van der Waals surface area contributed by atoms with Crippen molar-refractivity contribution in [1.29, 1.82) is 0 Å². The predicted molar refractivity (Wildman–Crippen MR) is 81.7 cm³/mol. The number of aromatic hydroxyl groups is 1. The number of nitrogens with two attached hydrogens (primary N) is 1. The van der Waals surface area contributed by atoms with Gasteiger partial charge < -0.3 is 20.9 Å². The van der Waals surface area contributed by atoms with Crippen molar-refractivity contribution in [3.63, 3.8) is 0 Å². The summed E-state index contributed by atoms with van der Waals surface area (Å²) in [4.78, 5) is 11.3. The van der Waals surface area contributed by atoms with Gasteiger partial charge in [0.2, 0.25) is 5.91 Å². The molecule has 0 aliphatic carbocycles. The van der Waals surface area contributed by atoms with Crippen LogP contribution in [-0.4, -0.2) is 18.1 Å². The van der Waals surface area contributed by atoms with Gasteiger partial charge in [-0.1, -0.05) is 12.1 Å². The summed E-state index contributed by atoms with van der Waals surface area (Å²) >= 11 is 0. The molecule has 0 saturated carbocycles. The van der Waals surface area contributed by atoms with Crippen molar-refractivity contribution in [2.45, 2.75) is 13.0 Å². The maximum Gasteiger partial charge on any atom is 0.248 e. The van der Waals surface area contributed by atoms with E-state index in [1.807, 2.05) is 19.1 Å². The highest BCUT2D eigenvalue weighted by atomic mass is 16.5. The third kappa shape index (κ3) is 3.45. The maximum absolute atomic E-state index is 11.3. The highest BCUT2D eigenvalue weighted by molar-refractivity contribution is 5.94. The van der Waals surface area contributed by atoms with Gasteiger partial charge in [-0.25, -0.2) is 0 Å². The van der Waals surface area contributed by atoms with Gasteiger partial charge in [-0.3, -0.25) is 4.79 Å². The highest BCUT2D eigenvalue weighted by Crippen LogP contribution is 2.29. The first-order chi connectivity index (χ1) is 10.0. The van der Waals surface area contributed by atoms with Gasteiger partial charge in [0.1, 0.15) is 11.5 Å². The van der Waals surface area contributed by atoms with Crippen LogP contribution in [0.15, 0.2) is 42.5 Å².